The second kappa shape index (κ2) is 4.71. The molecule has 1 aliphatic rings. The number of fused-ring (bicyclic) bond motifs is 3. The summed E-state index contributed by atoms with van der Waals surface area (Å²) in [7, 11) is 0. The van der Waals surface area contributed by atoms with Crippen molar-refractivity contribution in [3.05, 3.63) is 34.4 Å². The fourth-order valence-corrected chi connectivity index (χ4v) is 3.26. The lowest BCUT2D eigenvalue weighted by molar-refractivity contribution is 0.227. The van der Waals surface area contributed by atoms with Crippen molar-refractivity contribution in [2.75, 3.05) is 13.1 Å². The van der Waals surface area contributed by atoms with Gasteiger partial charge in [0.25, 0.3) is 0 Å². The van der Waals surface area contributed by atoms with Gasteiger partial charge in [0.15, 0.2) is 0 Å². The van der Waals surface area contributed by atoms with Crippen LogP contribution in [0, 0.1) is 0 Å². The van der Waals surface area contributed by atoms with E-state index in [1.165, 1.54) is 27.6 Å². The van der Waals surface area contributed by atoms with Crippen molar-refractivity contribution >= 4 is 26.8 Å². The van der Waals surface area contributed by atoms with Gasteiger partial charge in [0.05, 0.1) is 0 Å². The van der Waals surface area contributed by atoms with Gasteiger partial charge in [-0.25, -0.2) is 0 Å². The lowest BCUT2D eigenvalue weighted by atomic mass is 10.2. The van der Waals surface area contributed by atoms with Crippen LogP contribution in [0.3, 0.4) is 0 Å². The van der Waals surface area contributed by atoms with Crippen molar-refractivity contribution in [1.29, 1.82) is 0 Å². The lowest BCUT2D eigenvalue weighted by Crippen LogP contribution is -2.33. The molecule has 1 aromatic heterocycles. The predicted octanol–water partition coefficient (Wildman–Crippen LogP) is 3.67. The van der Waals surface area contributed by atoms with E-state index in [4.69, 9.17) is 0 Å². The van der Waals surface area contributed by atoms with Crippen LogP contribution < -0.4 is 0 Å². The van der Waals surface area contributed by atoms with Gasteiger partial charge in [-0.05, 0) is 38.1 Å². The summed E-state index contributed by atoms with van der Waals surface area (Å²) >= 11 is 3.55. The summed E-state index contributed by atoms with van der Waals surface area (Å²) < 4.78 is 3.66. The maximum absolute atomic E-state index is 3.55. The first-order chi connectivity index (χ1) is 8.65. The molecule has 0 fully saturated rings. The molecule has 0 radical (unpaired) electrons. The molecule has 2 nitrogen and oxygen atoms in total. The zero-order chi connectivity index (χ0) is 12.7. The first-order valence-electron chi connectivity index (χ1n) is 6.67. The maximum Gasteiger partial charge on any atom is 0.0483 e. The smallest absolute Gasteiger partial charge is 0.0483 e. The number of halogens is 1. The molecule has 18 heavy (non-hydrogen) atoms. The second-order valence-corrected chi connectivity index (χ2v) is 6.29. The van der Waals surface area contributed by atoms with Gasteiger partial charge in [-0.1, -0.05) is 15.9 Å². The van der Waals surface area contributed by atoms with Crippen LogP contribution in [0.2, 0.25) is 0 Å². The largest absolute Gasteiger partial charge is 0.343 e. The Morgan fingerprint density at radius 3 is 2.72 bits per heavy atom. The number of hydrogen-bond donors (Lipinski definition) is 0. The number of nitrogens with zero attached hydrogens (tertiary/aromatic N) is 2. The quantitative estimate of drug-likeness (QED) is 0.780. The molecule has 0 aliphatic carbocycles. The lowest BCUT2D eigenvalue weighted by Gasteiger charge is -2.23. The van der Waals surface area contributed by atoms with Crippen molar-refractivity contribution in [3.63, 3.8) is 0 Å². The van der Waals surface area contributed by atoms with Gasteiger partial charge in [0.2, 0.25) is 0 Å². The molecule has 0 unspecified atom stereocenters. The Morgan fingerprint density at radius 2 is 1.94 bits per heavy atom. The van der Waals surface area contributed by atoms with Crippen molar-refractivity contribution in [3.8, 4) is 0 Å². The topological polar surface area (TPSA) is 8.17 Å². The van der Waals surface area contributed by atoms with E-state index in [0.717, 1.165) is 19.5 Å². The van der Waals surface area contributed by atoms with E-state index in [9.17, 15) is 0 Å². The fourth-order valence-electron chi connectivity index (χ4n) is 2.88. The van der Waals surface area contributed by atoms with Crippen molar-refractivity contribution in [2.45, 2.75) is 32.9 Å². The third kappa shape index (κ3) is 2.10. The molecule has 1 aliphatic heterocycles. The molecule has 1 aromatic carbocycles. The van der Waals surface area contributed by atoms with E-state index in [0.29, 0.717) is 6.04 Å². The first-order valence-corrected chi connectivity index (χ1v) is 7.46. The van der Waals surface area contributed by atoms with E-state index < -0.39 is 0 Å². The van der Waals surface area contributed by atoms with E-state index in [1.807, 2.05) is 0 Å². The minimum atomic E-state index is 0.648. The maximum atomic E-state index is 3.55. The van der Waals surface area contributed by atoms with Gasteiger partial charge in [-0.2, -0.15) is 0 Å². The molecule has 96 valence electrons. The molecular formula is C15H19BrN2. The van der Waals surface area contributed by atoms with Crippen LogP contribution in [0.25, 0.3) is 10.9 Å². The average molecular weight is 307 g/mol. The third-order valence-corrected chi connectivity index (χ3v) is 4.44. The number of benzene rings is 1. The summed E-state index contributed by atoms with van der Waals surface area (Å²) in [4.78, 5) is 2.57. The Balaban J connectivity index is 1.99. The Hall–Kier alpha value is -0.800. The highest BCUT2D eigenvalue weighted by atomic mass is 79.9. The molecule has 0 saturated carbocycles. The van der Waals surface area contributed by atoms with Gasteiger partial charge in [0, 0.05) is 53.2 Å². The summed E-state index contributed by atoms with van der Waals surface area (Å²) in [5, 5.41) is 1.36. The first kappa shape index (κ1) is 12.2. The number of rotatable bonds is 1. The minimum Gasteiger partial charge on any atom is -0.343 e. The molecule has 3 rings (SSSR count). The average Bonchev–Trinajstić information content (AvgIpc) is 2.53. The molecule has 2 heterocycles. The Bertz CT molecular complexity index is 571. The summed E-state index contributed by atoms with van der Waals surface area (Å²) in [5.74, 6) is 0. The van der Waals surface area contributed by atoms with Gasteiger partial charge in [0.1, 0.15) is 0 Å². The SMILES string of the molecule is CC(C)N1CCc2cc3cc(Br)ccc3n2CC1. The molecule has 0 N–H and O–H groups in total. The highest BCUT2D eigenvalue weighted by Crippen LogP contribution is 2.25. The van der Waals surface area contributed by atoms with Crippen LogP contribution in [0.1, 0.15) is 19.5 Å². The van der Waals surface area contributed by atoms with E-state index in [-0.39, 0.29) is 0 Å². The Labute approximate surface area is 117 Å². The van der Waals surface area contributed by atoms with Crippen molar-refractivity contribution in [1.82, 2.24) is 9.47 Å². The van der Waals surface area contributed by atoms with Crippen LogP contribution in [-0.4, -0.2) is 28.6 Å². The number of hydrogen-bond acceptors (Lipinski definition) is 1. The van der Waals surface area contributed by atoms with Crippen LogP contribution in [0.5, 0.6) is 0 Å². The van der Waals surface area contributed by atoms with E-state index in [2.05, 4.69) is 63.5 Å². The Morgan fingerprint density at radius 1 is 1.11 bits per heavy atom. The molecule has 0 saturated heterocycles. The van der Waals surface area contributed by atoms with Crippen LogP contribution in [0.4, 0.5) is 0 Å². The minimum absolute atomic E-state index is 0.648. The fraction of sp³-hybridized carbons (Fsp3) is 0.467. The molecule has 0 amide bonds. The van der Waals surface area contributed by atoms with Gasteiger partial charge in [-0.3, -0.25) is 4.90 Å². The normalized spacial score (nSPS) is 17.1. The van der Waals surface area contributed by atoms with E-state index >= 15 is 0 Å². The zero-order valence-corrected chi connectivity index (χ0v) is 12.6. The van der Waals surface area contributed by atoms with Crippen LogP contribution in [0.15, 0.2) is 28.7 Å². The van der Waals surface area contributed by atoms with Crippen LogP contribution in [-0.2, 0) is 13.0 Å². The second-order valence-electron chi connectivity index (χ2n) is 5.37. The van der Waals surface area contributed by atoms with E-state index in [1.54, 1.807) is 0 Å². The monoisotopic (exact) mass is 306 g/mol. The summed E-state index contributed by atoms with van der Waals surface area (Å²) in [6.07, 6.45) is 1.16. The number of aromatic nitrogens is 1. The summed E-state index contributed by atoms with van der Waals surface area (Å²) in [6.45, 7) is 8.02. The zero-order valence-electron chi connectivity index (χ0n) is 11.0. The van der Waals surface area contributed by atoms with Gasteiger partial charge < -0.3 is 4.57 Å². The highest BCUT2D eigenvalue weighted by Gasteiger charge is 2.17. The van der Waals surface area contributed by atoms with Crippen LogP contribution >= 0.6 is 15.9 Å². The van der Waals surface area contributed by atoms with Gasteiger partial charge >= 0.3 is 0 Å². The van der Waals surface area contributed by atoms with Crippen molar-refractivity contribution in [2.24, 2.45) is 0 Å². The predicted molar refractivity (Wildman–Crippen MR) is 80.1 cm³/mol. The highest BCUT2D eigenvalue weighted by molar-refractivity contribution is 9.10. The summed E-state index contributed by atoms with van der Waals surface area (Å²) in [5.41, 5.74) is 2.85. The summed E-state index contributed by atoms with van der Waals surface area (Å²) in [6, 6.07) is 9.59. The molecule has 0 atom stereocenters. The standard InChI is InChI=1S/C15H19BrN2/c1-11(2)17-6-5-14-10-12-9-13(16)3-4-15(12)18(14)8-7-17/h3-4,9-11H,5-8H2,1-2H3. The molecule has 2 aromatic rings. The molecular weight excluding hydrogens is 288 g/mol. The van der Waals surface area contributed by atoms with Crippen molar-refractivity contribution < 1.29 is 0 Å². The molecule has 3 heteroatoms. The molecule has 0 bridgehead atoms. The Kier molecular flexibility index (Phi) is 3.20. The molecule has 0 spiro atoms. The third-order valence-electron chi connectivity index (χ3n) is 3.95. The van der Waals surface area contributed by atoms with Gasteiger partial charge in [-0.15, -0.1) is 0 Å².